The number of anilines is 2. The second-order valence-electron chi connectivity index (χ2n) is 5.83. The molecule has 1 amide bonds. The van der Waals surface area contributed by atoms with Crippen LogP contribution < -0.4 is 9.62 Å². The Labute approximate surface area is 160 Å². The van der Waals surface area contributed by atoms with Gasteiger partial charge in [0, 0.05) is 17.4 Å². The molecular formula is C17H16BrClN2O3S. The number of amides is 1. The topological polar surface area (TPSA) is 66.5 Å². The standard InChI is InChI=1S/C17H16BrClN2O3S/c1-11-4-5-12(18)9-16(11)25(23,24)20-13-6-7-15(14(19)10-13)21-8-2-3-17(21)22/h4-7,9-10,20H,2-3,8H2,1H3. The molecule has 8 heteroatoms. The number of sulfonamides is 1. The maximum absolute atomic E-state index is 12.6. The van der Waals surface area contributed by atoms with E-state index >= 15 is 0 Å². The molecular weight excluding hydrogens is 428 g/mol. The van der Waals surface area contributed by atoms with Crippen LogP contribution in [0.4, 0.5) is 11.4 Å². The molecule has 0 bridgehead atoms. The third-order valence-corrected chi connectivity index (χ3v) is 6.32. The SMILES string of the molecule is Cc1ccc(Br)cc1S(=O)(=O)Nc1ccc(N2CCCC2=O)c(Cl)c1. The predicted molar refractivity (Wildman–Crippen MR) is 103 cm³/mol. The van der Waals surface area contributed by atoms with Crippen molar-refractivity contribution in [2.45, 2.75) is 24.7 Å². The minimum Gasteiger partial charge on any atom is -0.311 e. The number of hydrogen-bond acceptors (Lipinski definition) is 3. The summed E-state index contributed by atoms with van der Waals surface area (Å²) < 4.78 is 28.5. The van der Waals surface area contributed by atoms with Gasteiger partial charge in [-0.05, 0) is 49.2 Å². The Morgan fingerprint density at radius 1 is 1.20 bits per heavy atom. The average Bonchev–Trinajstić information content (AvgIpc) is 2.95. The van der Waals surface area contributed by atoms with E-state index in [-0.39, 0.29) is 10.8 Å². The Morgan fingerprint density at radius 3 is 2.60 bits per heavy atom. The van der Waals surface area contributed by atoms with Crippen molar-refractivity contribution in [1.82, 2.24) is 0 Å². The second-order valence-corrected chi connectivity index (χ2v) is 8.80. The van der Waals surface area contributed by atoms with Crippen LogP contribution in [0, 0.1) is 6.92 Å². The van der Waals surface area contributed by atoms with Crippen molar-refractivity contribution in [3.63, 3.8) is 0 Å². The molecule has 25 heavy (non-hydrogen) atoms. The lowest BCUT2D eigenvalue weighted by Crippen LogP contribution is -2.24. The summed E-state index contributed by atoms with van der Waals surface area (Å²) in [5.41, 5.74) is 1.59. The Kier molecular flexibility index (Phi) is 5.09. The summed E-state index contributed by atoms with van der Waals surface area (Å²) in [6, 6.07) is 9.86. The zero-order valence-electron chi connectivity index (χ0n) is 13.4. The second kappa shape index (κ2) is 6.97. The first-order valence-corrected chi connectivity index (χ1v) is 10.3. The monoisotopic (exact) mass is 442 g/mol. The van der Waals surface area contributed by atoms with Gasteiger partial charge in [0.2, 0.25) is 5.91 Å². The molecule has 0 aliphatic carbocycles. The van der Waals surface area contributed by atoms with E-state index in [0.29, 0.717) is 39.4 Å². The van der Waals surface area contributed by atoms with Gasteiger partial charge in [-0.2, -0.15) is 0 Å². The predicted octanol–water partition coefficient (Wildman–Crippen LogP) is 4.34. The number of benzene rings is 2. The van der Waals surface area contributed by atoms with Gasteiger partial charge in [-0.25, -0.2) is 8.42 Å². The first kappa shape index (κ1) is 18.2. The molecule has 2 aromatic carbocycles. The normalized spacial score (nSPS) is 14.8. The van der Waals surface area contributed by atoms with Gasteiger partial charge < -0.3 is 4.90 Å². The van der Waals surface area contributed by atoms with E-state index < -0.39 is 10.0 Å². The van der Waals surface area contributed by atoms with E-state index in [1.165, 1.54) is 6.07 Å². The quantitative estimate of drug-likeness (QED) is 0.764. The molecule has 0 aromatic heterocycles. The number of rotatable bonds is 4. The summed E-state index contributed by atoms with van der Waals surface area (Å²) in [5, 5.41) is 0.335. The number of hydrogen-bond donors (Lipinski definition) is 1. The first-order valence-electron chi connectivity index (χ1n) is 7.67. The lowest BCUT2D eigenvalue weighted by molar-refractivity contribution is -0.117. The molecule has 1 heterocycles. The van der Waals surface area contributed by atoms with Gasteiger partial charge in [0.1, 0.15) is 0 Å². The van der Waals surface area contributed by atoms with Crippen LogP contribution in [-0.4, -0.2) is 20.9 Å². The van der Waals surface area contributed by atoms with Gasteiger partial charge in [0.25, 0.3) is 10.0 Å². The van der Waals surface area contributed by atoms with Crippen molar-refractivity contribution in [2.75, 3.05) is 16.2 Å². The van der Waals surface area contributed by atoms with Crippen molar-refractivity contribution in [1.29, 1.82) is 0 Å². The summed E-state index contributed by atoms with van der Waals surface area (Å²) in [5.74, 6) is 0.0278. The van der Waals surface area contributed by atoms with Crippen molar-refractivity contribution < 1.29 is 13.2 Å². The van der Waals surface area contributed by atoms with Gasteiger partial charge in [0.15, 0.2) is 0 Å². The molecule has 0 radical (unpaired) electrons. The average molecular weight is 444 g/mol. The van der Waals surface area contributed by atoms with E-state index in [1.807, 2.05) is 0 Å². The zero-order chi connectivity index (χ0) is 18.2. The number of nitrogens with one attached hydrogen (secondary N) is 1. The molecule has 3 rings (SSSR count). The molecule has 2 aromatic rings. The van der Waals surface area contributed by atoms with Crippen molar-refractivity contribution in [3.8, 4) is 0 Å². The lowest BCUT2D eigenvalue weighted by Gasteiger charge is -2.18. The molecule has 1 aliphatic rings. The molecule has 5 nitrogen and oxygen atoms in total. The molecule has 1 N–H and O–H groups in total. The maximum atomic E-state index is 12.6. The van der Waals surface area contributed by atoms with E-state index in [1.54, 1.807) is 42.2 Å². The van der Waals surface area contributed by atoms with Gasteiger partial charge in [-0.3, -0.25) is 9.52 Å². The fraction of sp³-hybridized carbons (Fsp3) is 0.235. The van der Waals surface area contributed by atoms with Gasteiger partial charge >= 0.3 is 0 Å². The summed E-state index contributed by atoms with van der Waals surface area (Å²) in [4.78, 5) is 13.7. The molecule has 1 saturated heterocycles. The highest BCUT2D eigenvalue weighted by Crippen LogP contribution is 2.32. The van der Waals surface area contributed by atoms with Crippen molar-refractivity contribution in [2.24, 2.45) is 0 Å². The minimum atomic E-state index is -3.75. The maximum Gasteiger partial charge on any atom is 0.262 e. The third kappa shape index (κ3) is 3.83. The van der Waals surface area contributed by atoms with Crippen LogP contribution in [0.1, 0.15) is 18.4 Å². The highest BCUT2D eigenvalue weighted by Gasteiger charge is 2.24. The number of nitrogens with zero attached hydrogens (tertiary/aromatic N) is 1. The number of carbonyl (C=O) groups excluding carboxylic acids is 1. The van der Waals surface area contributed by atoms with E-state index in [2.05, 4.69) is 20.7 Å². The van der Waals surface area contributed by atoms with Crippen molar-refractivity contribution in [3.05, 3.63) is 51.5 Å². The van der Waals surface area contributed by atoms with Crippen LogP contribution in [0.2, 0.25) is 5.02 Å². The number of halogens is 2. The van der Waals surface area contributed by atoms with Crippen LogP contribution in [-0.2, 0) is 14.8 Å². The lowest BCUT2D eigenvalue weighted by atomic mass is 10.2. The fourth-order valence-electron chi connectivity index (χ4n) is 2.77. The van der Waals surface area contributed by atoms with Crippen molar-refractivity contribution >= 4 is 54.8 Å². The van der Waals surface area contributed by atoms with E-state index in [9.17, 15) is 13.2 Å². The summed E-state index contributed by atoms with van der Waals surface area (Å²) in [6.45, 7) is 2.36. The summed E-state index contributed by atoms with van der Waals surface area (Å²) >= 11 is 9.56. The Balaban J connectivity index is 1.89. The van der Waals surface area contributed by atoms with Crippen LogP contribution in [0.5, 0.6) is 0 Å². The van der Waals surface area contributed by atoms with Crippen LogP contribution in [0.15, 0.2) is 45.8 Å². The van der Waals surface area contributed by atoms with E-state index in [0.717, 1.165) is 6.42 Å². The molecule has 0 saturated carbocycles. The zero-order valence-corrected chi connectivity index (χ0v) is 16.6. The molecule has 1 fully saturated rings. The van der Waals surface area contributed by atoms with Gasteiger partial charge in [0.05, 0.1) is 21.3 Å². The minimum absolute atomic E-state index is 0.0278. The Morgan fingerprint density at radius 2 is 1.96 bits per heavy atom. The Hall–Kier alpha value is -1.57. The Bertz CT molecular complexity index is 947. The molecule has 0 spiro atoms. The van der Waals surface area contributed by atoms with Crippen LogP contribution in [0.3, 0.4) is 0 Å². The molecule has 0 unspecified atom stereocenters. The van der Waals surface area contributed by atoms with Gasteiger partial charge in [-0.1, -0.05) is 33.6 Å². The third-order valence-electron chi connectivity index (χ3n) is 4.00. The highest BCUT2D eigenvalue weighted by molar-refractivity contribution is 9.10. The first-order chi connectivity index (χ1) is 11.8. The molecule has 132 valence electrons. The smallest absolute Gasteiger partial charge is 0.262 e. The van der Waals surface area contributed by atoms with Crippen LogP contribution in [0.25, 0.3) is 0 Å². The molecule has 0 atom stereocenters. The highest BCUT2D eigenvalue weighted by atomic mass is 79.9. The summed E-state index contributed by atoms with van der Waals surface area (Å²) in [6.07, 6.45) is 1.30. The number of carbonyl (C=O) groups is 1. The van der Waals surface area contributed by atoms with Gasteiger partial charge in [-0.15, -0.1) is 0 Å². The largest absolute Gasteiger partial charge is 0.311 e. The van der Waals surface area contributed by atoms with Crippen LogP contribution >= 0.6 is 27.5 Å². The fourth-order valence-corrected chi connectivity index (χ4v) is 4.88. The number of aryl methyl sites for hydroxylation is 1. The molecule has 1 aliphatic heterocycles. The van der Waals surface area contributed by atoms with E-state index in [4.69, 9.17) is 11.6 Å². The summed E-state index contributed by atoms with van der Waals surface area (Å²) in [7, 11) is -3.75.